The van der Waals surface area contributed by atoms with E-state index in [-0.39, 0.29) is 11.3 Å². The normalized spacial score (nSPS) is 11.9. The average molecular weight is 194 g/mol. The SMILES string of the molecule is C/C(C#N)=C(/N)c1ccc(F)c(F)c1. The second-order valence-corrected chi connectivity index (χ2v) is 2.78. The Morgan fingerprint density at radius 1 is 1.36 bits per heavy atom. The molecule has 0 heterocycles. The number of nitriles is 1. The molecule has 0 spiro atoms. The Bertz CT molecular complexity index is 430. The minimum atomic E-state index is -0.976. The van der Waals surface area contributed by atoms with E-state index in [0.717, 1.165) is 12.1 Å². The fourth-order valence-electron chi connectivity index (χ4n) is 0.940. The third-order valence-corrected chi connectivity index (χ3v) is 1.80. The molecule has 0 atom stereocenters. The highest BCUT2D eigenvalue weighted by Gasteiger charge is 2.06. The number of allylic oxidation sites excluding steroid dienone is 1. The molecule has 4 heteroatoms. The fourth-order valence-corrected chi connectivity index (χ4v) is 0.940. The summed E-state index contributed by atoms with van der Waals surface area (Å²) in [4.78, 5) is 0. The van der Waals surface area contributed by atoms with Crippen LogP contribution in [0.15, 0.2) is 23.8 Å². The number of nitrogens with two attached hydrogens (primary N) is 1. The molecule has 2 N–H and O–H groups in total. The summed E-state index contributed by atoms with van der Waals surface area (Å²) in [5.41, 5.74) is 6.28. The van der Waals surface area contributed by atoms with Crippen molar-refractivity contribution in [2.75, 3.05) is 0 Å². The smallest absolute Gasteiger partial charge is 0.159 e. The standard InChI is InChI=1S/C10H8F2N2/c1-6(5-13)10(14)7-2-3-8(11)9(12)4-7/h2-4H,14H2,1H3/b10-6-. The predicted octanol–water partition coefficient (Wildman–Crippen LogP) is 2.18. The van der Waals surface area contributed by atoms with Gasteiger partial charge >= 0.3 is 0 Å². The van der Waals surface area contributed by atoms with E-state index in [0.29, 0.717) is 5.56 Å². The third-order valence-electron chi connectivity index (χ3n) is 1.80. The largest absolute Gasteiger partial charge is 0.397 e. The number of rotatable bonds is 1. The minimum Gasteiger partial charge on any atom is -0.397 e. The van der Waals surface area contributed by atoms with E-state index in [2.05, 4.69) is 0 Å². The van der Waals surface area contributed by atoms with Crippen LogP contribution in [0.4, 0.5) is 8.78 Å². The first kappa shape index (κ1) is 10.2. The van der Waals surface area contributed by atoms with Crippen LogP contribution in [0.3, 0.4) is 0 Å². The van der Waals surface area contributed by atoms with E-state index in [1.54, 1.807) is 0 Å². The molecular weight excluding hydrogens is 186 g/mol. The van der Waals surface area contributed by atoms with Crippen molar-refractivity contribution >= 4 is 5.70 Å². The monoisotopic (exact) mass is 194 g/mol. The highest BCUT2D eigenvalue weighted by atomic mass is 19.2. The van der Waals surface area contributed by atoms with Gasteiger partial charge in [0.2, 0.25) is 0 Å². The molecule has 0 aliphatic rings. The summed E-state index contributed by atoms with van der Waals surface area (Å²) in [6.45, 7) is 1.51. The molecule has 1 rings (SSSR count). The Balaban J connectivity index is 3.24. The van der Waals surface area contributed by atoms with E-state index in [1.165, 1.54) is 13.0 Å². The van der Waals surface area contributed by atoms with Crippen molar-refractivity contribution in [1.82, 2.24) is 0 Å². The molecule has 1 aromatic rings. The van der Waals surface area contributed by atoms with Crippen molar-refractivity contribution in [3.8, 4) is 6.07 Å². The summed E-state index contributed by atoms with van der Waals surface area (Å²) in [5.74, 6) is -1.91. The second-order valence-electron chi connectivity index (χ2n) is 2.78. The quantitative estimate of drug-likeness (QED) is 0.696. The predicted molar refractivity (Wildman–Crippen MR) is 48.8 cm³/mol. The summed E-state index contributed by atoms with van der Waals surface area (Å²) in [5, 5.41) is 8.53. The summed E-state index contributed by atoms with van der Waals surface area (Å²) in [7, 11) is 0. The Morgan fingerprint density at radius 2 is 2.00 bits per heavy atom. The number of hydrogen-bond acceptors (Lipinski definition) is 2. The first-order valence-electron chi connectivity index (χ1n) is 3.88. The molecule has 0 aliphatic carbocycles. The van der Waals surface area contributed by atoms with Gasteiger partial charge in [0.25, 0.3) is 0 Å². The zero-order chi connectivity index (χ0) is 10.7. The van der Waals surface area contributed by atoms with Gasteiger partial charge in [-0.3, -0.25) is 0 Å². The number of benzene rings is 1. The maximum atomic E-state index is 12.8. The molecule has 0 unspecified atom stereocenters. The van der Waals surface area contributed by atoms with Gasteiger partial charge in [0, 0.05) is 11.1 Å². The second kappa shape index (κ2) is 3.88. The van der Waals surface area contributed by atoms with Crippen molar-refractivity contribution in [2.24, 2.45) is 5.73 Å². The van der Waals surface area contributed by atoms with Gasteiger partial charge in [-0.2, -0.15) is 5.26 Å². The topological polar surface area (TPSA) is 49.8 Å². The van der Waals surface area contributed by atoms with Gasteiger partial charge in [0.15, 0.2) is 11.6 Å². The third kappa shape index (κ3) is 1.88. The van der Waals surface area contributed by atoms with Gasteiger partial charge in [-0.1, -0.05) is 0 Å². The number of halogens is 2. The summed E-state index contributed by atoms with van der Waals surface area (Å²) < 4.78 is 25.3. The van der Waals surface area contributed by atoms with Gasteiger partial charge in [-0.15, -0.1) is 0 Å². The van der Waals surface area contributed by atoms with Crippen molar-refractivity contribution in [3.63, 3.8) is 0 Å². The first-order valence-corrected chi connectivity index (χ1v) is 3.88. The first-order chi connectivity index (χ1) is 6.56. The Hall–Kier alpha value is -1.89. The summed E-state index contributed by atoms with van der Waals surface area (Å²) >= 11 is 0. The van der Waals surface area contributed by atoms with Crippen LogP contribution in [0.5, 0.6) is 0 Å². The molecule has 0 saturated carbocycles. The Labute approximate surface area is 80.3 Å². The molecule has 0 amide bonds. The van der Waals surface area contributed by atoms with Gasteiger partial charge in [0.05, 0.1) is 11.8 Å². The van der Waals surface area contributed by atoms with Crippen LogP contribution in [-0.2, 0) is 0 Å². The molecular formula is C10H8F2N2. The molecule has 2 nitrogen and oxygen atoms in total. The highest BCUT2D eigenvalue weighted by Crippen LogP contribution is 2.16. The fraction of sp³-hybridized carbons (Fsp3) is 0.100. The molecule has 0 saturated heterocycles. The van der Waals surface area contributed by atoms with Crippen LogP contribution in [0, 0.1) is 23.0 Å². The number of nitrogens with zero attached hydrogens (tertiary/aromatic N) is 1. The van der Waals surface area contributed by atoms with Crippen LogP contribution in [0.2, 0.25) is 0 Å². The average Bonchev–Trinajstić information content (AvgIpc) is 2.20. The van der Waals surface area contributed by atoms with Crippen LogP contribution in [0.25, 0.3) is 5.70 Å². The molecule has 0 aliphatic heterocycles. The lowest BCUT2D eigenvalue weighted by Crippen LogP contribution is -2.00. The van der Waals surface area contributed by atoms with E-state index >= 15 is 0 Å². The van der Waals surface area contributed by atoms with Crippen LogP contribution >= 0.6 is 0 Å². The van der Waals surface area contributed by atoms with Crippen LogP contribution < -0.4 is 5.73 Å². The lowest BCUT2D eigenvalue weighted by Gasteiger charge is -2.02. The Morgan fingerprint density at radius 3 is 2.50 bits per heavy atom. The lowest BCUT2D eigenvalue weighted by atomic mass is 10.1. The maximum Gasteiger partial charge on any atom is 0.159 e. The molecule has 0 aromatic heterocycles. The number of hydrogen-bond donors (Lipinski definition) is 1. The Kier molecular flexibility index (Phi) is 2.82. The van der Waals surface area contributed by atoms with Gasteiger partial charge in [0.1, 0.15) is 0 Å². The maximum absolute atomic E-state index is 12.8. The van der Waals surface area contributed by atoms with E-state index in [9.17, 15) is 8.78 Å². The van der Waals surface area contributed by atoms with E-state index in [4.69, 9.17) is 11.0 Å². The zero-order valence-electron chi connectivity index (χ0n) is 7.51. The zero-order valence-corrected chi connectivity index (χ0v) is 7.51. The molecule has 0 radical (unpaired) electrons. The van der Waals surface area contributed by atoms with Crippen molar-refractivity contribution in [1.29, 1.82) is 5.26 Å². The van der Waals surface area contributed by atoms with Crippen molar-refractivity contribution in [3.05, 3.63) is 41.0 Å². The molecule has 72 valence electrons. The molecule has 1 aromatic carbocycles. The lowest BCUT2D eigenvalue weighted by molar-refractivity contribution is 0.508. The van der Waals surface area contributed by atoms with Crippen molar-refractivity contribution < 1.29 is 8.78 Å². The van der Waals surface area contributed by atoms with Crippen LogP contribution in [0.1, 0.15) is 12.5 Å². The van der Waals surface area contributed by atoms with Gasteiger partial charge in [-0.05, 0) is 25.1 Å². The molecule has 0 fully saturated rings. The minimum absolute atomic E-state index is 0.159. The van der Waals surface area contributed by atoms with E-state index in [1.807, 2.05) is 6.07 Å². The van der Waals surface area contributed by atoms with Gasteiger partial charge in [-0.25, -0.2) is 8.78 Å². The highest BCUT2D eigenvalue weighted by molar-refractivity contribution is 5.68. The van der Waals surface area contributed by atoms with Crippen molar-refractivity contribution in [2.45, 2.75) is 6.92 Å². The summed E-state index contributed by atoms with van der Waals surface area (Å²) in [6.07, 6.45) is 0. The molecule has 0 bridgehead atoms. The molecule has 14 heavy (non-hydrogen) atoms. The summed E-state index contributed by atoms with van der Waals surface area (Å²) in [6, 6.07) is 5.10. The van der Waals surface area contributed by atoms with Gasteiger partial charge < -0.3 is 5.73 Å². The van der Waals surface area contributed by atoms with Crippen LogP contribution in [-0.4, -0.2) is 0 Å². The van der Waals surface area contributed by atoms with E-state index < -0.39 is 11.6 Å².